The summed E-state index contributed by atoms with van der Waals surface area (Å²) in [5.41, 5.74) is 0.996. The SMILES string of the molecule is CCCS(=O)(=O)Nc1ccc(NC(=O)CCc2ncc(-c3ccc(F)cc3F)o2)cc1. The van der Waals surface area contributed by atoms with Gasteiger partial charge in [-0.2, -0.15) is 0 Å². The first-order valence-electron chi connectivity index (χ1n) is 9.56. The number of amides is 1. The van der Waals surface area contributed by atoms with E-state index in [1.165, 1.54) is 12.3 Å². The Morgan fingerprint density at radius 2 is 1.81 bits per heavy atom. The van der Waals surface area contributed by atoms with E-state index in [2.05, 4.69) is 15.0 Å². The van der Waals surface area contributed by atoms with Crippen molar-refractivity contribution in [3.05, 3.63) is 66.2 Å². The topological polar surface area (TPSA) is 101 Å². The quantitative estimate of drug-likeness (QED) is 0.506. The minimum Gasteiger partial charge on any atom is -0.441 e. The maximum Gasteiger partial charge on any atom is 0.232 e. The van der Waals surface area contributed by atoms with Crippen LogP contribution in [0.5, 0.6) is 0 Å². The molecule has 10 heteroatoms. The van der Waals surface area contributed by atoms with Crippen molar-refractivity contribution in [2.75, 3.05) is 15.8 Å². The van der Waals surface area contributed by atoms with Gasteiger partial charge in [0.15, 0.2) is 11.7 Å². The highest BCUT2D eigenvalue weighted by atomic mass is 32.2. The van der Waals surface area contributed by atoms with Gasteiger partial charge in [0, 0.05) is 30.3 Å². The summed E-state index contributed by atoms with van der Waals surface area (Å²) in [7, 11) is -3.38. The minimum absolute atomic E-state index is 0.0296. The number of carbonyl (C=O) groups is 1. The van der Waals surface area contributed by atoms with Crippen molar-refractivity contribution >= 4 is 27.3 Å². The van der Waals surface area contributed by atoms with Gasteiger partial charge in [-0.1, -0.05) is 6.92 Å². The van der Waals surface area contributed by atoms with E-state index in [0.717, 1.165) is 12.1 Å². The fourth-order valence-electron chi connectivity index (χ4n) is 2.80. The van der Waals surface area contributed by atoms with Crippen LogP contribution in [-0.4, -0.2) is 25.1 Å². The second-order valence-corrected chi connectivity index (χ2v) is 8.63. The number of oxazole rings is 1. The van der Waals surface area contributed by atoms with E-state index in [1.807, 2.05) is 0 Å². The molecule has 7 nitrogen and oxygen atoms in total. The molecule has 0 radical (unpaired) electrons. The van der Waals surface area contributed by atoms with Gasteiger partial charge in [0.25, 0.3) is 0 Å². The summed E-state index contributed by atoms with van der Waals surface area (Å²) in [6, 6.07) is 9.41. The van der Waals surface area contributed by atoms with Crippen molar-refractivity contribution in [3.63, 3.8) is 0 Å². The van der Waals surface area contributed by atoms with Crippen LogP contribution >= 0.6 is 0 Å². The first kappa shape index (κ1) is 22.4. The number of benzene rings is 2. The van der Waals surface area contributed by atoms with Crippen LogP contribution in [0.15, 0.2) is 53.1 Å². The van der Waals surface area contributed by atoms with Gasteiger partial charge in [0.2, 0.25) is 15.9 Å². The second-order valence-electron chi connectivity index (χ2n) is 6.79. The zero-order valence-electron chi connectivity index (χ0n) is 16.7. The third-order valence-electron chi connectivity index (χ3n) is 4.23. The molecular weight excluding hydrogens is 428 g/mol. The number of rotatable bonds is 9. The van der Waals surface area contributed by atoms with E-state index in [4.69, 9.17) is 4.42 Å². The molecule has 0 saturated carbocycles. The van der Waals surface area contributed by atoms with Crippen LogP contribution in [0.1, 0.15) is 25.7 Å². The Balaban J connectivity index is 1.53. The van der Waals surface area contributed by atoms with Crippen LogP contribution in [0.3, 0.4) is 0 Å². The van der Waals surface area contributed by atoms with Crippen LogP contribution in [0.2, 0.25) is 0 Å². The third kappa shape index (κ3) is 6.35. The molecule has 1 heterocycles. The number of aromatic nitrogens is 1. The molecule has 2 N–H and O–H groups in total. The van der Waals surface area contributed by atoms with Gasteiger partial charge in [0.1, 0.15) is 11.6 Å². The lowest BCUT2D eigenvalue weighted by molar-refractivity contribution is -0.116. The van der Waals surface area contributed by atoms with Crippen LogP contribution in [0.4, 0.5) is 20.2 Å². The number of hydrogen-bond acceptors (Lipinski definition) is 5. The molecule has 1 aromatic heterocycles. The summed E-state index contributed by atoms with van der Waals surface area (Å²) in [4.78, 5) is 16.2. The standard InChI is InChI=1S/C21H21F2N3O4S/c1-2-11-31(28,29)26-16-6-4-15(5-7-16)25-20(27)9-10-21-24-13-19(30-21)17-8-3-14(22)12-18(17)23/h3-8,12-13,26H,2,9-11H2,1H3,(H,25,27). The van der Waals surface area contributed by atoms with E-state index in [0.29, 0.717) is 17.8 Å². The van der Waals surface area contributed by atoms with Gasteiger partial charge in [-0.3, -0.25) is 9.52 Å². The van der Waals surface area contributed by atoms with E-state index in [1.54, 1.807) is 31.2 Å². The molecule has 0 atom stereocenters. The number of nitrogens with zero attached hydrogens (tertiary/aromatic N) is 1. The van der Waals surface area contributed by atoms with Crippen LogP contribution < -0.4 is 10.0 Å². The first-order valence-corrected chi connectivity index (χ1v) is 11.2. The van der Waals surface area contributed by atoms with Gasteiger partial charge >= 0.3 is 0 Å². The summed E-state index contributed by atoms with van der Waals surface area (Å²) >= 11 is 0. The van der Waals surface area contributed by atoms with Crippen molar-refractivity contribution in [1.82, 2.24) is 4.98 Å². The van der Waals surface area contributed by atoms with Gasteiger partial charge in [-0.25, -0.2) is 22.2 Å². The molecule has 164 valence electrons. The molecule has 0 aliphatic rings. The zero-order valence-corrected chi connectivity index (χ0v) is 17.5. The van der Waals surface area contributed by atoms with Gasteiger partial charge in [0.05, 0.1) is 17.5 Å². The molecule has 3 aromatic rings. The molecule has 1 amide bonds. The number of sulfonamides is 1. The van der Waals surface area contributed by atoms with Gasteiger partial charge in [-0.15, -0.1) is 0 Å². The number of nitrogens with one attached hydrogen (secondary N) is 2. The Morgan fingerprint density at radius 1 is 1.10 bits per heavy atom. The fraction of sp³-hybridized carbons (Fsp3) is 0.238. The monoisotopic (exact) mass is 449 g/mol. The van der Waals surface area contributed by atoms with Crippen molar-refractivity contribution < 1.29 is 26.4 Å². The number of anilines is 2. The van der Waals surface area contributed by atoms with Crippen molar-refractivity contribution in [1.29, 1.82) is 0 Å². The van der Waals surface area contributed by atoms with Crippen LogP contribution in [0, 0.1) is 11.6 Å². The largest absolute Gasteiger partial charge is 0.441 e. The summed E-state index contributed by atoms with van der Waals surface area (Å²) in [6.45, 7) is 1.78. The van der Waals surface area contributed by atoms with E-state index < -0.39 is 21.7 Å². The molecule has 0 aliphatic heterocycles. The van der Waals surface area contributed by atoms with Crippen LogP contribution in [0.25, 0.3) is 11.3 Å². The minimum atomic E-state index is -3.38. The highest BCUT2D eigenvalue weighted by Crippen LogP contribution is 2.24. The molecule has 3 rings (SSSR count). The highest BCUT2D eigenvalue weighted by Gasteiger charge is 2.13. The molecule has 0 saturated heterocycles. The average molecular weight is 449 g/mol. The van der Waals surface area contributed by atoms with Crippen molar-refractivity contribution in [2.45, 2.75) is 26.2 Å². The lowest BCUT2D eigenvalue weighted by Crippen LogP contribution is -2.16. The molecular formula is C21H21F2N3O4S. The lowest BCUT2D eigenvalue weighted by atomic mass is 10.2. The van der Waals surface area contributed by atoms with Gasteiger partial charge < -0.3 is 9.73 Å². The number of carbonyl (C=O) groups excluding carboxylic acids is 1. The Bertz CT molecular complexity index is 1160. The lowest BCUT2D eigenvalue weighted by Gasteiger charge is -2.08. The van der Waals surface area contributed by atoms with Crippen molar-refractivity contribution in [3.8, 4) is 11.3 Å². The smallest absolute Gasteiger partial charge is 0.232 e. The second kappa shape index (κ2) is 9.69. The number of halogens is 2. The van der Waals surface area contributed by atoms with E-state index in [9.17, 15) is 22.0 Å². The number of hydrogen-bond donors (Lipinski definition) is 2. The molecule has 0 aliphatic carbocycles. The maximum atomic E-state index is 13.8. The predicted molar refractivity (Wildman–Crippen MR) is 113 cm³/mol. The van der Waals surface area contributed by atoms with Crippen molar-refractivity contribution in [2.24, 2.45) is 0 Å². The molecule has 2 aromatic carbocycles. The summed E-state index contributed by atoms with van der Waals surface area (Å²) in [5.74, 6) is -1.33. The van der Waals surface area contributed by atoms with E-state index in [-0.39, 0.29) is 41.7 Å². The molecule has 0 spiro atoms. The van der Waals surface area contributed by atoms with E-state index >= 15 is 0 Å². The normalized spacial score (nSPS) is 11.3. The Morgan fingerprint density at radius 3 is 2.48 bits per heavy atom. The Labute approximate surface area is 178 Å². The maximum absolute atomic E-state index is 13.8. The molecule has 0 unspecified atom stereocenters. The zero-order chi connectivity index (χ0) is 22.4. The summed E-state index contributed by atoms with van der Waals surface area (Å²) < 4.78 is 58.3. The average Bonchev–Trinajstić information content (AvgIpc) is 3.16. The predicted octanol–water partition coefficient (Wildman–Crippen LogP) is 4.34. The molecule has 0 bridgehead atoms. The van der Waals surface area contributed by atoms with Crippen LogP contribution in [-0.2, 0) is 21.2 Å². The fourth-order valence-corrected chi connectivity index (χ4v) is 3.94. The van der Waals surface area contributed by atoms with Gasteiger partial charge in [-0.05, 0) is 42.8 Å². The Hall–Kier alpha value is -3.27. The Kier molecular flexibility index (Phi) is 7.01. The highest BCUT2D eigenvalue weighted by molar-refractivity contribution is 7.92. The molecule has 0 fully saturated rings. The molecule has 31 heavy (non-hydrogen) atoms. The summed E-state index contributed by atoms with van der Waals surface area (Å²) in [5, 5.41) is 2.69. The first-order chi connectivity index (χ1) is 14.8. The number of aryl methyl sites for hydroxylation is 1. The summed E-state index contributed by atoms with van der Waals surface area (Å²) in [6.07, 6.45) is 2.08. The third-order valence-corrected chi connectivity index (χ3v) is 5.72.